The molecule has 1 amide bonds. The molecule has 7 heteroatoms. The van der Waals surface area contributed by atoms with Crippen molar-refractivity contribution >= 4 is 23.3 Å². The summed E-state index contributed by atoms with van der Waals surface area (Å²) in [6.45, 7) is 0.205. The number of aromatic nitrogens is 2. The summed E-state index contributed by atoms with van der Waals surface area (Å²) in [6, 6.07) is 6.82. The second-order valence-corrected chi connectivity index (χ2v) is 7.18. The third-order valence-corrected chi connectivity index (χ3v) is 4.91. The van der Waals surface area contributed by atoms with E-state index in [0.29, 0.717) is 24.3 Å². The fourth-order valence-electron chi connectivity index (χ4n) is 3.32. The Kier molecular flexibility index (Phi) is 5.74. The van der Waals surface area contributed by atoms with Gasteiger partial charge in [-0.15, -0.1) is 0 Å². The van der Waals surface area contributed by atoms with Gasteiger partial charge in [0.1, 0.15) is 0 Å². The van der Waals surface area contributed by atoms with Gasteiger partial charge in [-0.1, -0.05) is 23.7 Å². The number of likely N-dealkylation sites (tertiary alicyclic amines) is 1. The van der Waals surface area contributed by atoms with Gasteiger partial charge in [-0.2, -0.15) is 5.10 Å². The summed E-state index contributed by atoms with van der Waals surface area (Å²) in [6.07, 6.45) is 4.17. The molecule has 1 saturated heterocycles. The van der Waals surface area contributed by atoms with Crippen LogP contribution in [0.2, 0.25) is 5.02 Å². The molecule has 1 aliphatic rings. The van der Waals surface area contributed by atoms with Crippen LogP contribution >= 0.6 is 11.6 Å². The summed E-state index contributed by atoms with van der Waals surface area (Å²) >= 11 is 5.87. The van der Waals surface area contributed by atoms with Gasteiger partial charge in [0.15, 0.2) is 5.78 Å². The molecule has 138 valence electrons. The zero-order valence-corrected chi connectivity index (χ0v) is 15.4. The molecule has 0 unspecified atom stereocenters. The summed E-state index contributed by atoms with van der Waals surface area (Å²) in [5.41, 5.74) is 1.82. The number of amides is 1. The number of aliphatic hydroxyl groups is 1. The number of Topliss-reactive ketones (excluding diaryl/α,β-unsaturated/α-hetero) is 1. The van der Waals surface area contributed by atoms with Crippen LogP contribution in [0.15, 0.2) is 36.7 Å². The number of β-amino-alcohol motifs (C(OH)–C–C–N with tert-alkyl or cyclic N) is 1. The Morgan fingerprint density at radius 2 is 2.00 bits per heavy atom. The zero-order valence-electron chi connectivity index (χ0n) is 14.6. The van der Waals surface area contributed by atoms with Gasteiger partial charge >= 0.3 is 0 Å². The fraction of sp³-hybridized carbons (Fsp3) is 0.421. The van der Waals surface area contributed by atoms with Crippen LogP contribution in [0, 0.1) is 0 Å². The number of aliphatic hydroxyl groups excluding tert-OH is 1. The molecular weight excluding hydrogens is 354 g/mol. The van der Waals surface area contributed by atoms with E-state index in [-0.39, 0.29) is 24.7 Å². The van der Waals surface area contributed by atoms with Crippen LogP contribution in [0.5, 0.6) is 0 Å². The number of benzene rings is 1. The Bertz CT molecular complexity index is 788. The van der Waals surface area contributed by atoms with Gasteiger partial charge in [-0.05, 0) is 29.7 Å². The molecule has 0 radical (unpaired) electrons. The molecule has 26 heavy (non-hydrogen) atoms. The highest BCUT2D eigenvalue weighted by atomic mass is 35.5. The molecule has 2 atom stereocenters. The first-order chi connectivity index (χ1) is 12.4. The van der Waals surface area contributed by atoms with E-state index >= 15 is 0 Å². The number of nitrogens with zero attached hydrogens (tertiary/aromatic N) is 3. The lowest BCUT2D eigenvalue weighted by atomic mass is 10.0. The molecule has 3 rings (SSSR count). The van der Waals surface area contributed by atoms with Crippen molar-refractivity contribution in [2.45, 2.75) is 37.8 Å². The van der Waals surface area contributed by atoms with Gasteiger partial charge in [0.25, 0.3) is 0 Å². The maximum absolute atomic E-state index is 12.7. The monoisotopic (exact) mass is 375 g/mol. The number of rotatable bonds is 6. The van der Waals surface area contributed by atoms with Crippen molar-refractivity contribution in [2.24, 2.45) is 7.05 Å². The van der Waals surface area contributed by atoms with Crippen LogP contribution in [0.25, 0.3) is 0 Å². The SMILES string of the molecule is Cn1cc(CC(=O)N2C[C@H](O)C[C@H]2C(=O)CCc2ccc(Cl)cc2)cn1. The molecule has 0 aliphatic carbocycles. The third kappa shape index (κ3) is 4.51. The lowest BCUT2D eigenvalue weighted by Crippen LogP contribution is -2.41. The molecule has 6 nitrogen and oxygen atoms in total. The van der Waals surface area contributed by atoms with E-state index in [1.165, 1.54) is 4.90 Å². The Morgan fingerprint density at radius 1 is 1.27 bits per heavy atom. The standard InChI is InChI=1S/C19H22ClN3O3/c1-22-11-14(10-21-22)8-19(26)23-12-16(24)9-17(23)18(25)7-4-13-2-5-15(20)6-3-13/h2-3,5-6,10-11,16-17,24H,4,7-9,12H2,1H3/t16-,17+/m1/s1. The van der Waals surface area contributed by atoms with E-state index < -0.39 is 12.1 Å². The maximum Gasteiger partial charge on any atom is 0.227 e. The third-order valence-electron chi connectivity index (χ3n) is 4.66. The molecule has 1 fully saturated rings. The minimum absolute atomic E-state index is 0.0176. The average molecular weight is 376 g/mol. The number of hydrogen-bond acceptors (Lipinski definition) is 4. The van der Waals surface area contributed by atoms with Gasteiger partial charge in [-0.25, -0.2) is 0 Å². The molecule has 2 aromatic rings. The van der Waals surface area contributed by atoms with Crippen LogP contribution < -0.4 is 0 Å². The van der Waals surface area contributed by atoms with Crippen molar-refractivity contribution in [3.05, 3.63) is 52.8 Å². The van der Waals surface area contributed by atoms with Gasteiger partial charge < -0.3 is 10.0 Å². The number of halogens is 1. The maximum atomic E-state index is 12.7. The molecule has 1 N–H and O–H groups in total. The van der Waals surface area contributed by atoms with Crippen LogP contribution in [0.1, 0.15) is 24.0 Å². The highest BCUT2D eigenvalue weighted by molar-refractivity contribution is 6.30. The van der Waals surface area contributed by atoms with Gasteiger partial charge in [0.2, 0.25) is 5.91 Å². The predicted molar refractivity (Wildman–Crippen MR) is 97.8 cm³/mol. The van der Waals surface area contributed by atoms with Crippen molar-refractivity contribution < 1.29 is 14.7 Å². The van der Waals surface area contributed by atoms with Crippen LogP contribution in [0.4, 0.5) is 0 Å². The van der Waals surface area contributed by atoms with Crippen LogP contribution in [-0.2, 0) is 29.5 Å². The van der Waals surface area contributed by atoms with Crippen molar-refractivity contribution in [1.29, 1.82) is 0 Å². The summed E-state index contributed by atoms with van der Waals surface area (Å²) in [5.74, 6) is -0.171. The van der Waals surface area contributed by atoms with E-state index in [1.54, 1.807) is 36.3 Å². The molecule has 1 aromatic carbocycles. The minimum atomic E-state index is -0.655. The molecule has 0 saturated carbocycles. The Labute approximate surface area is 157 Å². The highest BCUT2D eigenvalue weighted by Gasteiger charge is 2.38. The van der Waals surface area contributed by atoms with E-state index in [0.717, 1.165) is 11.1 Å². The number of carbonyl (C=O) groups excluding carboxylic acids is 2. The van der Waals surface area contributed by atoms with Gasteiger partial charge in [0.05, 0.1) is 24.8 Å². The summed E-state index contributed by atoms with van der Waals surface area (Å²) < 4.78 is 1.64. The zero-order chi connectivity index (χ0) is 18.7. The minimum Gasteiger partial charge on any atom is -0.391 e. The number of aryl methyl sites for hydroxylation is 2. The first kappa shape index (κ1) is 18.6. The van der Waals surface area contributed by atoms with Crippen molar-refractivity contribution in [2.75, 3.05) is 6.54 Å². The van der Waals surface area contributed by atoms with E-state index in [4.69, 9.17) is 11.6 Å². The second kappa shape index (κ2) is 8.01. The topological polar surface area (TPSA) is 75.4 Å². The normalized spacial score (nSPS) is 19.7. The molecule has 2 heterocycles. The highest BCUT2D eigenvalue weighted by Crippen LogP contribution is 2.22. The van der Waals surface area contributed by atoms with Crippen molar-refractivity contribution in [3.8, 4) is 0 Å². The number of ketones is 1. The fourth-order valence-corrected chi connectivity index (χ4v) is 3.45. The number of carbonyl (C=O) groups is 2. The number of hydrogen-bond donors (Lipinski definition) is 1. The molecule has 1 aliphatic heterocycles. The lowest BCUT2D eigenvalue weighted by molar-refractivity contribution is -0.137. The van der Waals surface area contributed by atoms with E-state index in [2.05, 4.69) is 5.10 Å². The Morgan fingerprint density at radius 3 is 2.65 bits per heavy atom. The summed E-state index contributed by atoms with van der Waals surface area (Å²) in [5, 5.41) is 14.7. The van der Waals surface area contributed by atoms with Gasteiger partial charge in [0, 0.05) is 37.7 Å². The van der Waals surface area contributed by atoms with E-state index in [9.17, 15) is 14.7 Å². The smallest absolute Gasteiger partial charge is 0.227 e. The van der Waals surface area contributed by atoms with Crippen LogP contribution in [0.3, 0.4) is 0 Å². The van der Waals surface area contributed by atoms with Crippen molar-refractivity contribution in [3.63, 3.8) is 0 Å². The summed E-state index contributed by atoms with van der Waals surface area (Å²) in [7, 11) is 1.79. The first-order valence-corrected chi connectivity index (χ1v) is 9.02. The Hall–Kier alpha value is -2.18. The van der Waals surface area contributed by atoms with E-state index in [1.807, 2.05) is 12.1 Å². The predicted octanol–water partition coefficient (Wildman–Crippen LogP) is 1.78. The second-order valence-electron chi connectivity index (χ2n) is 6.74. The largest absolute Gasteiger partial charge is 0.391 e. The Balaban J connectivity index is 1.61. The van der Waals surface area contributed by atoms with Crippen molar-refractivity contribution in [1.82, 2.24) is 14.7 Å². The molecular formula is C19H22ClN3O3. The molecule has 0 bridgehead atoms. The quantitative estimate of drug-likeness (QED) is 0.835. The van der Waals surface area contributed by atoms with Gasteiger partial charge in [-0.3, -0.25) is 14.3 Å². The molecule has 0 spiro atoms. The average Bonchev–Trinajstić information content (AvgIpc) is 3.19. The molecule has 1 aromatic heterocycles. The van der Waals surface area contributed by atoms with Crippen LogP contribution in [-0.4, -0.2) is 50.2 Å². The summed E-state index contributed by atoms with van der Waals surface area (Å²) in [4.78, 5) is 26.8. The first-order valence-electron chi connectivity index (χ1n) is 8.64. The lowest BCUT2D eigenvalue weighted by Gasteiger charge is -2.23.